The topological polar surface area (TPSA) is 57.6 Å². The van der Waals surface area contributed by atoms with E-state index in [1.807, 2.05) is 0 Å². The number of hydrogen-bond donors (Lipinski definition) is 1. The van der Waals surface area contributed by atoms with Crippen LogP contribution in [-0.4, -0.2) is 39.6 Å². The molecular formula is C8H13NO3S. The smallest absolute Gasteiger partial charge is 0.327 e. The van der Waals surface area contributed by atoms with E-state index in [1.54, 1.807) is 13.8 Å². The van der Waals surface area contributed by atoms with E-state index in [-0.39, 0.29) is 11.8 Å². The van der Waals surface area contributed by atoms with E-state index in [9.17, 15) is 9.59 Å². The van der Waals surface area contributed by atoms with Crippen molar-refractivity contribution in [1.82, 2.24) is 4.90 Å². The molecule has 1 aliphatic heterocycles. The minimum atomic E-state index is -0.904. The predicted molar refractivity (Wildman–Crippen MR) is 50.4 cm³/mol. The first kappa shape index (κ1) is 10.4. The van der Waals surface area contributed by atoms with Crippen LogP contribution in [0.15, 0.2) is 0 Å². The molecule has 1 N–H and O–H groups in total. The molecule has 4 nitrogen and oxygen atoms in total. The predicted octanol–water partition coefficient (Wildman–Crippen LogP) is 0.629. The maximum Gasteiger partial charge on any atom is 0.327 e. The van der Waals surface area contributed by atoms with Gasteiger partial charge >= 0.3 is 5.97 Å². The normalized spacial score (nSPS) is 22.4. The molecule has 0 bridgehead atoms. The molecule has 74 valence electrons. The lowest BCUT2D eigenvalue weighted by Gasteiger charge is -2.22. The van der Waals surface area contributed by atoms with Gasteiger partial charge in [0.15, 0.2) is 0 Å². The Balaban J connectivity index is 2.68. The third kappa shape index (κ3) is 2.15. The van der Waals surface area contributed by atoms with Crippen LogP contribution in [0, 0.1) is 5.92 Å². The highest BCUT2D eigenvalue weighted by Gasteiger charge is 2.35. The molecule has 1 fully saturated rings. The van der Waals surface area contributed by atoms with Crippen molar-refractivity contribution in [3.05, 3.63) is 0 Å². The second kappa shape index (κ2) is 4.00. The van der Waals surface area contributed by atoms with E-state index < -0.39 is 12.0 Å². The molecule has 0 aromatic heterocycles. The van der Waals surface area contributed by atoms with Crippen LogP contribution in [0.25, 0.3) is 0 Å². The summed E-state index contributed by atoms with van der Waals surface area (Å²) >= 11 is 1.49. The Morgan fingerprint density at radius 2 is 2.15 bits per heavy atom. The lowest BCUT2D eigenvalue weighted by molar-refractivity contribution is -0.148. The average molecular weight is 203 g/mol. The number of amides is 1. The first-order valence-corrected chi connectivity index (χ1v) is 5.30. The highest BCUT2D eigenvalue weighted by atomic mass is 32.2. The van der Waals surface area contributed by atoms with E-state index in [2.05, 4.69) is 0 Å². The van der Waals surface area contributed by atoms with Gasteiger partial charge in [-0.25, -0.2) is 4.79 Å². The average Bonchev–Trinajstić information content (AvgIpc) is 2.50. The summed E-state index contributed by atoms with van der Waals surface area (Å²) in [4.78, 5) is 23.7. The molecule has 5 heteroatoms. The Labute approximate surface area is 81.3 Å². The zero-order valence-corrected chi connectivity index (χ0v) is 8.50. The largest absolute Gasteiger partial charge is 0.480 e. The Hall–Kier alpha value is -0.710. The van der Waals surface area contributed by atoms with Crippen LogP contribution in [0.5, 0.6) is 0 Å². The molecule has 0 radical (unpaired) electrons. The number of aliphatic carboxylic acids is 1. The Bertz CT molecular complexity index is 229. The van der Waals surface area contributed by atoms with Gasteiger partial charge in [0, 0.05) is 11.7 Å². The van der Waals surface area contributed by atoms with Gasteiger partial charge in [-0.2, -0.15) is 0 Å². The highest BCUT2D eigenvalue weighted by Crippen LogP contribution is 2.22. The fraction of sp³-hybridized carbons (Fsp3) is 0.750. The molecule has 0 aromatic carbocycles. The van der Waals surface area contributed by atoms with Crippen molar-refractivity contribution in [2.24, 2.45) is 5.92 Å². The summed E-state index contributed by atoms with van der Waals surface area (Å²) in [6, 6.07) is -0.625. The van der Waals surface area contributed by atoms with Crippen molar-refractivity contribution in [2.75, 3.05) is 11.6 Å². The van der Waals surface area contributed by atoms with Gasteiger partial charge in [-0.1, -0.05) is 13.8 Å². The third-order valence-corrected chi connectivity index (χ3v) is 2.96. The van der Waals surface area contributed by atoms with Gasteiger partial charge in [-0.15, -0.1) is 11.8 Å². The van der Waals surface area contributed by atoms with Gasteiger partial charge in [0.2, 0.25) is 5.91 Å². The summed E-state index contributed by atoms with van der Waals surface area (Å²) in [7, 11) is 0. The molecule has 1 unspecified atom stereocenters. The fourth-order valence-electron chi connectivity index (χ4n) is 1.20. The van der Waals surface area contributed by atoms with E-state index in [0.29, 0.717) is 11.6 Å². The van der Waals surface area contributed by atoms with Crippen LogP contribution < -0.4 is 0 Å². The summed E-state index contributed by atoms with van der Waals surface area (Å²) in [6.45, 7) is 3.56. The van der Waals surface area contributed by atoms with Crippen molar-refractivity contribution in [2.45, 2.75) is 19.9 Å². The quantitative estimate of drug-likeness (QED) is 0.715. The Morgan fingerprint density at radius 1 is 1.54 bits per heavy atom. The molecule has 0 aliphatic carbocycles. The van der Waals surface area contributed by atoms with E-state index in [1.165, 1.54) is 16.7 Å². The second-order valence-electron chi connectivity index (χ2n) is 3.32. The van der Waals surface area contributed by atoms with Crippen LogP contribution in [0.1, 0.15) is 13.8 Å². The molecule has 1 aliphatic rings. The highest BCUT2D eigenvalue weighted by molar-refractivity contribution is 7.99. The Kier molecular flexibility index (Phi) is 3.19. The zero-order valence-electron chi connectivity index (χ0n) is 7.69. The summed E-state index contributed by atoms with van der Waals surface area (Å²) in [6.07, 6.45) is 0. The van der Waals surface area contributed by atoms with Crippen molar-refractivity contribution in [3.8, 4) is 0 Å². The molecule has 1 heterocycles. The van der Waals surface area contributed by atoms with Crippen molar-refractivity contribution < 1.29 is 14.7 Å². The summed E-state index contributed by atoms with van der Waals surface area (Å²) in [5.74, 6) is -0.0844. The van der Waals surface area contributed by atoms with Gasteiger partial charge in [0.05, 0.1) is 5.88 Å². The van der Waals surface area contributed by atoms with Crippen LogP contribution >= 0.6 is 11.8 Å². The lowest BCUT2D eigenvalue weighted by atomic mass is 10.1. The molecule has 13 heavy (non-hydrogen) atoms. The summed E-state index contributed by atoms with van der Waals surface area (Å²) in [5, 5.41) is 8.81. The number of carboxylic acids is 1. The van der Waals surface area contributed by atoms with Gasteiger partial charge in [-0.3, -0.25) is 4.79 Å². The van der Waals surface area contributed by atoms with Gasteiger partial charge in [-0.05, 0) is 0 Å². The van der Waals surface area contributed by atoms with Crippen LogP contribution in [-0.2, 0) is 9.59 Å². The van der Waals surface area contributed by atoms with Gasteiger partial charge < -0.3 is 10.0 Å². The van der Waals surface area contributed by atoms with Crippen molar-refractivity contribution >= 4 is 23.6 Å². The van der Waals surface area contributed by atoms with Crippen LogP contribution in [0.2, 0.25) is 0 Å². The van der Waals surface area contributed by atoms with Gasteiger partial charge in [0.1, 0.15) is 6.04 Å². The molecule has 1 saturated heterocycles. The molecule has 1 rings (SSSR count). The Morgan fingerprint density at radius 3 is 2.62 bits per heavy atom. The molecule has 0 aromatic rings. The molecule has 0 saturated carbocycles. The number of hydrogen-bond acceptors (Lipinski definition) is 3. The lowest BCUT2D eigenvalue weighted by Crippen LogP contribution is -2.43. The monoisotopic (exact) mass is 203 g/mol. The fourth-order valence-corrected chi connectivity index (χ4v) is 2.35. The second-order valence-corrected chi connectivity index (χ2v) is 4.32. The number of carbonyl (C=O) groups is 2. The SMILES string of the molecule is CC(C)C(=O)N1CSCC1C(=O)O. The van der Waals surface area contributed by atoms with Crippen molar-refractivity contribution in [3.63, 3.8) is 0 Å². The molecular weight excluding hydrogens is 190 g/mol. The minimum absolute atomic E-state index is 0.0719. The zero-order chi connectivity index (χ0) is 10.0. The molecule has 1 amide bonds. The van der Waals surface area contributed by atoms with E-state index >= 15 is 0 Å². The first-order chi connectivity index (χ1) is 6.04. The molecule has 1 atom stereocenters. The number of carboxylic acid groups (broad SMARTS) is 1. The van der Waals surface area contributed by atoms with Crippen LogP contribution in [0.3, 0.4) is 0 Å². The third-order valence-electron chi connectivity index (χ3n) is 1.94. The maximum absolute atomic E-state index is 11.5. The first-order valence-electron chi connectivity index (χ1n) is 4.15. The minimum Gasteiger partial charge on any atom is -0.480 e. The number of nitrogens with zero attached hydrogens (tertiary/aromatic N) is 1. The van der Waals surface area contributed by atoms with Gasteiger partial charge in [0.25, 0.3) is 0 Å². The number of thioether (sulfide) groups is 1. The van der Waals surface area contributed by atoms with E-state index in [4.69, 9.17) is 5.11 Å². The van der Waals surface area contributed by atoms with E-state index in [0.717, 1.165) is 0 Å². The maximum atomic E-state index is 11.5. The standard InChI is InChI=1S/C8H13NO3S/c1-5(2)7(10)9-4-13-3-6(9)8(11)12/h5-6H,3-4H2,1-2H3,(H,11,12). The van der Waals surface area contributed by atoms with Crippen LogP contribution in [0.4, 0.5) is 0 Å². The van der Waals surface area contributed by atoms with Crippen molar-refractivity contribution in [1.29, 1.82) is 0 Å². The number of rotatable bonds is 2. The number of carbonyl (C=O) groups excluding carboxylic acids is 1. The summed E-state index contributed by atoms with van der Waals surface area (Å²) < 4.78 is 0. The molecule has 0 spiro atoms. The summed E-state index contributed by atoms with van der Waals surface area (Å²) in [5.41, 5.74) is 0.